The van der Waals surface area contributed by atoms with E-state index in [9.17, 15) is 4.39 Å². The van der Waals surface area contributed by atoms with Crippen LogP contribution in [0, 0.1) is 5.82 Å². The van der Waals surface area contributed by atoms with Gasteiger partial charge in [-0.2, -0.15) is 0 Å². The summed E-state index contributed by atoms with van der Waals surface area (Å²) in [5.41, 5.74) is 2.83. The fourth-order valence-electron chi connectivity index (χ4n) is 3.15. The van der Waals surface area contributed by atoms with Gasteiger partial charge in [-0.25, -0.2) is 14.4 Å². The Balaban J connectivity index is 1.87. The molecule has 4 nitrogen and oxygen atoms in total. The number of rotatable bonds is 2. The van der Waals surface area contributed by atoms with E-state index >= 15 is 0 Å². The largest absolute Gasteiger partial charge is 0.356 e. The number of fused-ring (bicyclic) bond motifs is 1. The number of anilines is 1. The van der Waals surface area contributed by atoms with E-state index < -0.39 is 0 Å². The Labute approximate surface area is 128 Å². The van der Waals surface area contributed by atoms with Gasteiger partial charge in [0, 0.05) is 24.8 Å². The summed E-state index contributed by atoms with van der Waals surface area (Å²) in [5.74, 6) is 0.751. The van der Waals surface area contributed by atoms with Crippen LogP contribution >= 0.6 is 0 Å². The Kier molecular flexibility index (Phi) is 3.25. The molecular weight excluding hydrogens is 279 g/mol. The van der Waals surface area contributed by atoms with Gasteiger partial charge in [0.25, 0.3) is 0 Å². The first-order chi connectivity index (χ1) is 10.8. The van der Waals surface area contributed by atoms with Gasteiger partial charge >= 0.3 is 0 Å². The van der Waals surface area contributed by atoms with Crippen LogP contribution in [0.1, 0.15) is 19.3 Å². The molecule has 1 aliphatic heterocycles. The molecule has 5 heteroatoms. The molecule has 0 unspecified atom stereocenters. The number of piperidine rings is 1. The van der Waals surface area contributed by atoms with Crippen LogP contribution in [0.3, 0.4) is 0 Å². The van der Waals surface area contributed by atoms with Gasteiger partial charge in [-0.1, -0.05) is 12.1 Å². The molecule has 3 aromatic rings. The molecule has 3 heterocycles. The molecule has 22 heavy (non-hydrogen) atoms. The maximum atomic E-state index is 13.2. The van der Waals surface area contributed by atoms with Gasteiger partial charge in [0.2, 0.25) is 0 Å². The van der Waals surface area contributed by atoms with Gasteiger partial charge in [0.15, 0.2) is 0 Å². The topological polar surface area (TPSA) is 44.8 Å². The number of H-pyrrole nitrogens is 1. The molecule has 0 aliphatic carbocycles. The number of halogens is 1. The van der Waals surface area contributed by atoms with Crippen molar-refractivity contribution in [1.29, 1.82) is 0 Å². The smallest absolute Gasteiger partial charge is 0.143 e. The lowest BCUT2D eigenvalue weighted by Gasteiger charge is -2.28. The van der Waals surface area contributed by atoms with Crippen molar-refractivity contribution in [2.75, 3.05) is 18.0 Å². The Morgan fingerprint density at radius 1 is 1.00 bits per heavy atom. The van der Waals surface area contributed by atoms with Crippen LogP contribution in [-0.2, 0) is 0 Å². The Morgan fingerprint density at radius 3 is 2.55 bits per heavy atom. The van der Waals surface area contributed by atoms with Crippen LogP contribution < -0.4 is 4.90 Å². The number of aromatic nitrogens is 3. The second-order valence-electron chi connectivity index (χ2n) is 5.68. The molecular formula is C17H17FN4. The fourth-order valence-corrected chi connectivity index (χ4v) is 3.15. The summed E-state index contributed by atoms with van der Waals surface area (Å²) in [6.07, 6.45) is 7.21. The van der Waals surface area contributed by atoms with Crippen molar-refractivity contribution in [3.05, 3.63) is 42.6 Å². The summed E-state index contributed by atoms with van der Waals surface area (Å²) in [7, 11) is 0. The molecule has 0 saturated carbocycles. The number of aromatic amines is 1. The second kappa shape index (κ2) is 5.40. The van der Waals surface area contributed by atoms with Crippen molar-refractivity contribution in [1.82, 2.24) is 15.0 Å². The molecule has 0 bridgehead atoms. The Hall–Kier alpha value is -2.43. The molecule has 0 radical (unpaired) electrons. The molecule has 1 aromatic carbocycles. The zero-order valence-corrected chi connectivity index (χ0v) is 12.2. The van der Waals surface area contributed by atoms with Crippen LogP contribution in [0.2, 0.25) is 0 Å². The molecule has 1 aliphatic rings. The second-order valence-corrected chi connectivity index (χ2v) is 5.68. The minimum atomic E-state index is -0.226. The normalized spacial score (nSPS) is 15.4. The first-order valence-corrected chi connectivity index (χ1v) is 7.66. The van der Waals surface area contributed by atoms with Gasteiger partial charge < -0.3 is 9.88 Å². The highest BCUT2D eigenvalue weighted by molar-refractivity contribution is 6.01. The van der Waals surface area contributed by atoms with Crippen LogP contribution in [0.15, 0.2) is 36.8 Å². The van der Waals surface area contributed by atoms with Crippen molar-refractivity contribution in [2.45, 2.75) is 19.3 Å². The Morgan fingerprint density at radius 2 is 1.77 bits per heavy atom. The summed E-state index contributed by atoms with van der Waals surface area (Å²) < 4.78 is 13.2. The SMILES string of the molecule is Fc1ccc(-c2c[nH]c3ncnc(N4CCCCC4)c23)cc1. The summed E-state index contributed by atoms with van der Waals surface area (Å²) in [4.78, 5) is 14.4. The molecule has 0 spiro atoms. The fraction of sp³-hybridized carbons (Fsp3) is 0.294. The summed E-state index contributed by atoms with van der Waals surface area (Å²) >= 11 is 0. The van der Waals surface area contributed by atoms with Gasteiger partial charge in [0.1, 0.15) is 23.6 Å². The average molecular weight is 296 g/mol. The number of nitrogens with one attached hydrogen (secondary N) is 1. The number of hydrogen-bond acceptors (Lipinski definition) is 3. The van der Waals surface area contributed by atoms with Crippen LogP contribution in [0.5, 0.6) is 0 Å². The van der Waals surface area contributed by atoms with E-state index in [1.165, 1.54) is 31.4 Å². The maximum Gasteiger partial charge on any atom is 0.143 e. The molecule has 1 N–H and O–H groups in total. The summed E-state index contributed by atoms with van der Waals surface area (Å²) in [6, 6.07) is 6.56. The lowest BCUT2D eigenvalue weighted by molar-refractivity contribution is 0.574. The van der Waals surface area contributed by atoms with Gasteiger partial charge in [0.05, 0.1) is 5.39 Å². The van der Waals surface area contributed by atoms with Crippen LogP contribution in [0.4, 0.5) is 10.2 Å². The third-order valence-corrected chi connectivity index (χ3v) is 4.26. The number of nitrogens with zero attached hydrogens (tertiary/aromatic N) is 3. The number of benzene rings is 1. The van der Waals surface area contributed by atoms with Gasteiger partial charge in [-0.15, -0.1) is 0 Å². The molecule has 1 fully saturated rings. The van der Waals surface area contributed by atoms with E-state index in [1.54, 1.807) is 18.5 Å². The first kappa shape index (κ1) is 13.2. The van der Waals surface area contributed by atoms with E-state index in [0.29, 0.717) is 0 Å². The van der Waals surface area contributed by atoms with E-state index in [4.69, 9.17) is 0 Å². The van der Waals surface area contributed by atoms with Crippen LogP contribution in [-0.4, -0.2) is 28.0 Å². The Bertz CT molecular complexity index is 788. The predicted molar refractivity (Wildman–Crippen MR) is 85.3 cm³/mol. The highest BCUT2D eigenvalue weighted by atomic mass is 19.1. The highest BCUT2D eigenvalue weighted by Gasteiger charge is 2.19. The average Bonchev–Trinajstić information content (AvgIpc) is 3.00. The van der Waals surface area contributed by atoms with Crippen molar-refractivity contribution < 1.29 is 4.39 Å². The lowest BCUT2D eigenvalue weighted by Crippen LogP contribution is -2.30. The number of hydrogen-bond donors (Lipinski definition) is 1. The molecule has 0 amide bonds. The summed E-state index contributed by atoms with van der Waals surface area (Å²) in [6.45, 7) is 2.06. The van der Waals surface area contributed by atoms with E-state index in [0.717, 1.165) is 41.1 Å². The quantitative estimate of drug-likeness (QED) is 0.783. The summed E-state index contributed by atoms with van der Waals surface area (Å²) in [5, 5.41) is 1.02. The minimum Gasteiger partial charge on any atom is -0.356 e. The van der Waals surface area contributed by atoms with E-state index in [-0.39, 0.29) is 5.82 Å². The zero-order chi connectivity index (χ0) is 14.9. The molecule has 0 atom stereocenters. The van der Waals surface area contributed by atoms with Crippen molar-refractivity contribution in [3.63, 3.8) is 0 Å². The van der Waals surface area contributed by atoms with Crippen molar-refractivity contribution in [3.8, 4) is 11.1 Å². The molecule has 1 saturated heterocycles. The molecule has 2 aromatic heterocycles. The van der Waals surface area contributed by atoms with E-state index in [1.807, 2.05) is 6.20 Å². The third-order valence-electron chi connectivity index (χ3n) is 4.26. The monoisotopic (exact) mass is 296 g/mol. The standard InChI is InChI=1S/C17H17FN4/c18-13-6-4-12(5-7-13)14-10-19-16-15(14)17(21-11-20-16)22-8-2-1-3-9-22/h4-7,10-11H,1-3,8-9H2,(H,19,20,21). The highest BCUT2D eigenvalue weighted by Crippen LogP contribution is 2.34. The minimum absolute atomic E-state index is 0.226. The molecule has 112 valence electrons. The first-order valence-electron chi connectivity index (χ1n) is 7.66. The maximum absolute atomic E-state index is 13.2. The van der Waals surface area contributed by atoms with Gasteiger partial charge in [-0.3, -0.25) is 0 Å². The van der Waals surface area contributed by atoms with Crippen molar-refractivity contribution in [2.24, 2.45) is 0 Å². The zero-order valence-electron chi connectivity index (χ0n) is 12.2. The van der Waals surface area contributed by atoms with Crippen LogP contribution in [0.25, 0.3) is 22.2 Å². The van der Waals surface area contributed by atoms with Crippen molar-refractivity contribution >= 4 is 16.9 Å². The molecule has 4 rings (SSSR count). The third kappa shape index (κ3) is 2.22. The van der Waals surface area contributed by atoms with Gasteiger partial charge in [-0.05, 0) is 37.0 Å². The van der Waals surface area contributed by atoms with E-state index in [2.05, 4.69) is 19.9 Å². The predicted octanol–water partition coefficient (Wildman–Crippen LogP) is 3.75. The lowest BCUT2D eigenvalue weighted by atomic mass is 10.0.